The minimum Gasteiger partial charge on any atom is -0.301 e. The van der Waals surface area contributed by atoms with E-state index in [1.807, 2.05) is 7.05 Å². The van der Waals surface area contributed by atoms with Crippen LogP contribution in [0.4, 0.5) is 0 Å². The number of rotatable bonds is 1. The Morgan fingerprint density at radius 1 is 1.29 bits per heavy atom. The lowest BCUT2D eigenvalue weighted by atomic mass is 9.79. The molecule has 0 spiro atoms. The summed E-state index contributed by atoms with van der Waals surface area (Å²) in [6, 6.07) is 4.28. The fourth-order valence-corrected chi connectivity index (χ4v) is 3.93. The average Bonchev–Trinajstić information content (AvgIpc) is 2.47. The quantitative estimate of drug-likeness (QED) is 0.704. The Bertz CT molecular complexity index is 616. The molecule has 1 atom stereocenters. The molecule has 0 saturated heterocycles. The van der Waals surface area contributed by atoms with E-state index in [0.29, 0.717) is 5.92 Å². The molecule has 2 aliphatic rings. The van der Waals surface area contributed by atoms with Gasteiger partial charge in [0.1, 0.15) is 0 Å². The minimum absolute atomic E-state index is 0.495. The molecule has 0 amide bonds. The Labute approximate surface area is 132 Å². The van der Waals surface area contributed by atoms with Gasteiger partial charge in [-0.25, -0.2) is 0 Å². The second-order valence-electron chi connectivity index (χ2n) is 6.31. The van der Waals surface area contributed by atoms with Crippen LogP contribution in [-0.4, -0.2) is 31.3 Å². The monoisotopic (exact) mass is 302 g/mol. The molecule has 1 unspecified atom stereocenters. The Morgan fingerprint density at radius 3 is 2.76 bits per heavy atom. The van der Waals surface area contributed by atoms with E-state index >= 15 is 0 Å². The molecule has 2 nitrogen and oxygen atoms in total. The van der Waals surface area contributed by atoms with Gasteiger partial charge >= 0.3 is 0 Å². The van der Waals surface area contributed by atoms with Crippen LogP contribution < -0.4 is 0 Å². The van der Waals surface area contributed by atoms with Crippen LogP contribution in [0.1, 0.15) is 41.9 Å². The lowest BCUT2D eigenvalue weighted by Crippen LogP contribution is -2.32. The highest BCUT2D eigenvalue weighted by molar-refractivity contribution is 6.30. The molecular weight excluding hydrogens is 280 g/mol. The molecule has 1 aromatic rings. The maximum atomic E-state index is 6.32. The Morgan fingerprint density at radius 2 is 2.10 bits per heavy atom. The van der Waals surface area contributed by atoms with Crippen molar-refractivity contribution in [2.75, 3.05) is 20.6 Å². The van der Waals surface area contributed by atoms with Crippen LogP contribution in [0.25, 0.3) is 0 Å². The minimum atomic E-state index is 0.495. The number of benzene rings is 1. The van der Waals surface area contributed by atoms with Crippen molar-refractivity contribution in [1.29, 1.82) is 0 Å². The first-order valence-corrected chi connectivity index (χ1v) is 8.07. The van der Waals surface area contributed by atoms with Gasteiger partial charge in [-0.2, -0.15) is 0 Å². The molecule has 1 aliphatic carbocycles. The van der Waals surface area contributed by atoms with Crippen LogP contribution in [-0.2, 0) is 6.54 Å². The van der Waals surface area contributed by atoms with E-state index in [1.54, 1.807) is 5.57 Å². The molecular formula is C18H23ClN2. The molecule has 112 valence electrons. The second-order valence-corrected chi connectivity index (χ2v) is 6.75. The maximum Gasteiger partial charge on any atom is 0.0411 e. The summed E-state index contributed by atoms with van der Waals surface area (Å²) in [4.78, 5) is 6.78. The lowest BCUT2D eigenvalue weighted by molar-refractivity contribution is 0.290. The molecule has 0 saturated carbocycles. The highest BCUT2D eigenvalue weighted by Gasteiger charge is 2.28. The first-order valence-electron chi connectivity index (χ1n) is 7.69. The molecule has 3 heteroatoms. The van der Waals surface area contributed by atoms with E-state index in [1.165, 1.54) is 22.4 Å². The van der Waals surface area contributed by atoms with Crippen molar-refractivity contribution in [1.82, 2.24) is 4.90 Å². The van der Waals surface area contributed by atoms with Crippen LogP contribution in [0.5, 0.6) is 0 Å². The molecule has 21 heavy (non-hydrogen) atoms. The summed E-state index contributed by atoms with van der Waals surface area (Å²) in [5, 5.41) is 0.869. The van der Waals surface area contributed by atoms with Gasteiger partial charge in [0.2, 0.25) is 0 Å². The van der Waals surface area contributed by atoms with Gasteiger partial charge in [0, 0.05) is 43.2 Å². The van der Waals surface area contributed by atoms with Crippen molar-refractivity contribution in [2.45, 2.75) is 38.6 Å². The van der Waals surface area contributed by atoms with Crippen molar-refractivity contribution in [3.8, 4) is 0 Å². The molecule has 0 aromatic heterocycles. The van der Waals surface area contributed by atoms with Crippen LogP contribution in [0.3, 0.4) is 0 Å². The van der Waals surface area contributed by atoms with Crippen molar-refractivity contribution in [3.05, 3.63) is 45.5 Å². The van der Waals surface area contributed by atoms with Crippen molar-refractivity contribution >= 4 is 17.3 Å². The van der Waals surface area contributed by atoms with E-state index in [4.69, 9.17) is 11.6 Å². The second kappa shape index (κ2) is 5.94. The van der Waals surface area contributed by atoms with Crippen LogP contribution in [0.15, 0.2) is 28.8 Å². The van der Waals surface area contributed by atoms with Gasteiger partial charge in [-0.05, 0) is 55.6 Å². The molecule has 0 N–H and O–H groups in total. The predicted molar refractivity (Wildman–Crippen MR) is 90.6 cm³/mol. The van der Waals surface area contributed by atoms with Gasteiger partial charge in [0.05, 0.1) is 0 Å². The maximum absolute atomic E-state index is 6.32. The fourth-order valence-electron chi connectivity index (χ4n) is 3.65. The molecule has 0 radical (unpaired) electrons. The normalized spacial score (nSPS) is 24.9. The topological polar surface area (TPSA) is 15.6 Å². The Hall–Kier alpha value is -1.12. The smallest absolute Gasteiger partial charge is 0.0411 e. The van der Waals surface area contributed by atoms with Gasteiger partial charge in [-0.1, -0.05) is 23.3 Å². The van der Waals surface area contributed by atoms with E-state index < -0.39 is 0 Å². The molecule has 1 aromatic carbocycles. The average molecular weight is 303 g/mol. The molecule has 3 rings (SSSR count). The van der Waals surface area contributed by atoms with Crippen molar-refractivity contribution in [3.63, 3.8) is 0 Å². The van der Waals surface area contributed by atoms with Gasteiger partial charge < -0.3 is 4.90 Å². The lowest BCUT2D eigenvalue weighted by Gasteiger charge is -2.36. The number of aryl methyl sites for hydroxylation is 1. The first kappa shape index (κ1) is 14.8. The van der Waals surface area contributed by atoms with E-state index in [-0.39, 0.29) is 0 Å². The molecule has 0 bridgehead atoms. The van der Waals surface area contributed by atoms with Gasteiger partial charge in [-0.15, -0.1) is 0 Å². The van der Waals surface area contributed by atoms with Crippen LogP contribution in [0, 0.1) is 6.92 Å². The third kappa shape index (κ3) is 2.93. The van der Waals surface area contributed by atoms with E-state index in [2.05, 4.69) is 42.1 Å². The largest absolute Gasteiger partial charge is 0.301 e. The molecule has 0 fully saturated rings. The highest BCUT2D eigenvalue weighted by atomic mass is 35.5. The number of hydrogen-bond donors (Lipinski definition) is 0. The highest BCUT2D eigenvalue weighted by Crippen LogP contribution is 2.39. The number of nitrogens with zero attached hydrogens (tertiary/aromatic N) is 2. The summed E-state index contributed by atoms with van der Waals surface area (Å²) in [6.45, 7) is 4.30. The summed E-state index contributed by atoms with van der Waals surface area (Å²) in [5.41, 5.74) is 7.12. The fraction of sp³-hybridized carbons (Fsp3) is 0.500. The SMILES string of the molecule is CN=C1CC=C(C2CN(C)Cc3c(C)cc(Cl)cc32)CC1. The summed E-state index contributed by atoms with van der Waals surface area (Å²) >= 11 is 6.32. The predicted octanol–water partition coefficient (Wildman–Crippen LogP) is 4.36. The van der Waals surface area contributed by atoms with Crippen molar-refractivity contribution in [2.24, 2.45) is 4.99 Å². The van der Waals surface area contributed by atoms with Gasteiger partial charge in [0.15, 0.2) is 0 Å². The number of allylic oxidation sites excluding steroid dienone is 1. The number of hydrogen-bond acceptors (Lipinski definition) is 2. The zero-order chi connectivity index (χ0) is 15.0. The summed E-state index contributed by atoms with van der Waals surface area (Å²) in [7, 11) is 4.12. The number of likely N-dealkylation sites (N-methyl/N-ethyl adjacent to an activating group) is 1. The molecule has 1 aliphatic heterocycles. The zero-order valence-electron chi connectivity index (χ0n) is 13.1. The number of fused-ring (bicyclic) bond motifs is 1. The zero-order valence-corrected chi connectivity index (χ0v) is 13.9. The third-order valence-electron chi connectivity index (χ3n) is 4.84. The Kier molecular flexibility index (Phi) is 4.19. The van der Waals surface area contributed by atoms with E-state index in [0.717, 1.165) is 37.4 Å². The van der Waals surface area contributed by atoms with Crippen LogP contribution in [0.2, 0.25) is 5.02 Å². The third-order valence-corrected chi connectivity index (χ3v) is 5.05. The van der Waals surface area contributed by atoms with E-state index in [9.17, 15) is 0 Å². The summed E-state index contributed by atoms with van der Waals surface area (Å²) in [6.07, 6.45) is 5.66. The Balaban J connectivity index is 2.00. The molecule has 1 heterocycles. The standard InChI is InChI=1S/C18H23ClN2/c1-12-8-14(19)9-16-17(12)10-21(3)11-18(16)13-4-6-15(20-2)7-5-13/h4,8-9,18H,5-7,10-11H2,1-3H3. The summed E-state index contributed by atoms with van der Waals surface area (Å²) < 4.78 is 0. The number of halogens is 1. The first-order chi connectivity index (χ1) is 10.1. The number of aliphatic imine (C=N–C) groups is 1. The summed E-state index contributed by atoms with van der Waals surface area (Å²) in [5.74, 6) is 0.495. The van der Waals surface area contributed by atoms with Crippen molar-refractivity contribution < 1.29 is 0 Å². The van der Waals surface area contributed by atoms with Gasteiger partial charge in [0.25, 0.3) is 0 Å². The van der Waals surface area contributed by atoms with Gasteiger partial charge in [-0.3, -0.25) is 4.99 Å². The van der Waals surface area contributed by atoms with Crippen LogP contribution >= 0.6 is 11.6 Å².